The summed E-state index contributed by atoms with van der Waals surface area (Å²) in [4.78, 5) is 11.1. The van der Waals surface area contributed by atoms with E-state index in [1.165, 1.54) is 12.7 Å². The van der Waals surface area contributed by atoms with Crippen LogP contribution in [-0.2, 0) is 14.9 Å². The Labute approximate surface area is 98.1 Å². The molecule has 1 rings (SSSR count). The van der Waals surface area contributed by atoms with Crippen LogP contribution >= 0.6 is 15.9 Å². The third-order valence-electron chi connectivity index (χ3n) is 2.02. The summed E-state index contributed by atoms with van der Waals surface area (Å²) in [6.07, 6.45) is 1.81. The van der Waals surface area contributed by atoms with Gasteiger partial charge in [-0.2, -0.15) is 0 Å². The topological polar surface area (TPSA) is 26.3 Å². The van der Waals surface area contributed by atoms with E-state index in [1.807, 2.05) is 30.3 Å². The molecule has 2 nitrogen and oxygen atoms in total. The maximum atomic E-state index is 11.1. The Bertz CT molecular complexity index is 366. The molecule has 0 atom stereocenters. The maximum Gasteiger partial charge on any atom is 0.333 e. The quantitative estimate of drug-likeness (QED) is 0.478. The lowest BCUT2D eigenvalue weighted by molar-refractivity contribution is -0.135. The lowest BCUT2D eigenvalue weighted by Crippen LogP contribution is -2.00. The van der Waals surface area contributed by atoms with E-state index in [4.69, 9.17) is 0 Å². The Morgan fingerprint density at radius 2 is 2.00 bits per heavy atom. The van der Waals surface area contributed by atoms with Crippen LogP contribution in [0.25, 0.3) is 6.08 Å². The van der Waals surface area contributed by atoms with Crippen LogP contribution in [0.3, 0.4) is 0 Å². The molecular formula is C12H13BrO2. The van der Waals surface area contributed by atoms with Gasteiger partial charge in [-0.3, -0.25) is 0 Å². The molecule has 0 saturated heterocycles. The summed E-state index contributed by atoms with van der Waals surface area (Å²) >= 11 is 3.38. The van der Waals surface area contributed by atoms with Gasteiger partial charge in [0.1, 0.15) is 0 Å². The molecule has 0 aliphatic rings. The van der Waals surface area contributed by atoms with Gasteiger partial charge in [0.05, 0.1) is 7.11 Å². The molecule has 1 aromatic rings. The number of hydrogen-bond donors (Lipinski definition) is 0. The number of esters is 1. The predicted octanol–water partition coefficient (Wildman–Crippen LogP) is 3.16. The van der Waals surface area contributed by atoms with Crippen molar-refractivity contribution in [3.05, 3.63) is 41.0 Å². The van der Waals surface area contributed by atoms with Crippen LogP contribution in [-0.4, -0.2) is 13.1 Å². The van der Waals surface area contributed by atoms with Gasteiger partial charge in [-0.1, -0.05) is 40.2 Å². The van der Waals surface area contributed by atoms with Gasteiger partial charge in [-0.05, 0) is 24.1 Å². The molecular weight excluding hydrogens is 256 g/mol. The fourth-order valence-electron chi connectivity index (χ4n) is 1.17. The van der Waals surface area contributed by atoms with Gasteiger partial charge in [0.25, 0.3) is 0 Å². The van der Waals surface area contributed by atoms with Crippen LogP contribution < -0.4 is 0 Å². The fourth-order valence-corrected chi connectivity index (χ4v) is 1.55. The minimum atomic E-state index is -0.292. The highest BCUT2D eigenvalue weighted by Gasteiger charge is 2.02. The third kappa shape index (κ3) is 3.51. The van der Waals surface area contributed by atoms with Crippen molar-refractivity contribution in [2.45, 2.75) is 12.3 Å². The van der Waals surface area contributed by atoms with Crippen LogP contribution in [0.4, 0.5) is 0 Å². The molecule has 0 radical (unpaired) electrons. The van der Waals surface area contributed by atoms with Crippen LogP contribution in [0.1, 0.15) is 18.1 Å². The van der Waals surface area contributed by atoms with Crippen molar-refractivity contribution in [1.29, 1.82) is 0 Å². The van der Waals surface area contributed by atoms with Crippen LogP contribution in [0, 0.1) is 0 Å². The van der Waals surface area contributed by atoms with E-state index in [1.54, 1.807) is 6.92 Å². The number of ether oxygens (including phenoxy) is 1. The SMILES string of the molecule is COC(=O)C(C)=Cc1ccc(CBr)cc1. The Kier molecular flexibility index (Phi) is 4.56. The van der Waals surface area contributed by atoms with E-state index in [0.717, 1.165) is 10.9 Å². The van der Waals surface area contributed by atoms with E-state index >= 15 is 0 Å². The molecule has 0 saturated carbocycles. The van der Waals surface area contributed by atoms with Gasteiger partial charge in [-0.25, -0.2) is 4.79 Å². The Morgan fingerprint density at radius 1 is 1.40 bits per heavy atom. The molecule has 0 amide bonds. The lowest BCUT2D eigenvalue weighted by Gasteiger charge is -2.00. The van der Waals surface area contributed by atoms with Crippen molar-refractivity contribution < 1.29 is 9.53 Å². The minimum Gasteiger partial charge on any atom is -0.466 e. The molecule has 15 heavy (non-hydrogen) atoms. The van der Waals surface area contributed by atoms with Crippen molar-refractivity contribution in [3.8, 4) is 0 Å². The van der Waals surface area contributed by atoms with E-state index in [0.29, 0.717) is 5.57 Å². The zero-order valence-corrected chi connectivity index (χ0v) is 10.4. The highest BCUT2D eigenvalue weighted by molar-refractivity contribution is 9.08. The first-order valence-electron chi connectivity index (χ1n) is 4.59. The smallest absolute Gasteiger partial charge is 0.333 e. The van der Waals surface area contributed by atoms with Crippen LogP contribution in [0.2, 0.25) is 0 Å². The summed E-state index contributed by atoms with van der Waals surface area (Å²) in [5, 5.41) is 0.840. The summed E-state index contributed by atoms with van der Waals surface area (Å²) in [6.45, 7) is 1.74. The first-order chi connectivity index (χ1) is 7.17. The largest absolute Gasteiger partial charge is 0.466 e. The van der Waals surface area contributed by atoms with E-state index < -0.39 is 0 Å². The Hall–Kier alpha value is -1.09. The fraction of sp³-hybridized carbons (Fsp3) is 0.250. The normalized spacial score (nSPS) is 11.3. The zero-order valence-electron chi connectivity index (χ0n) is 8.79. The molecule has 1 aromatic carbocycles. The van der Waals surface area contributed by atoms with E-state index in [-0.39, 0.29) is 5.97 Å². The second-order valence-electron chi connectivity index (χ2n) is 3.19. The molecule has 0 aliphatic heterocycles. The molecule has 0 unspecified atom stereocenters. The number of alkyl halides is 1. The van der Waals surface area contributed by atoms with Crippen molar-refractivity contribution in [3.63, 3.8) is 0 Å². The summed E-state index contributed by atoms with van der Waals surface area (Å²) in [5.74, 6) is -0.292. The van der Waals surface area contributed by atoms with Crippen molar-refractivity contribution in [1.82, 2.24) is 0 Å². The van der Waals surface area contributed by atoms with Crippen LogP contribution in [0.15, 0.2) is 29.8 Å². The number of rotatable bonds is 3. The minimum absolute atomic E-state index is 0.292. The van der Waals surface area contributed by atoms with Crippen molar-refractivity contribution >= 4 is 28.0 Å². The first kappa shape index (κ1) is 12.0. The second-order valence-corrected chi connectivity index (χ2v) is 3.75. The molecule has 0 spiro atoms. The lowest BCUT2D eigenvalue weighted by atomic mass is 10.1. The van der Waals surface area contributed by atoms with Crippen LogP contribution in [0.5, 0.6) is 0 Å². The molecule has 3 heteroatoms. The molecule has 0 aromatic heterocycles. The van der Waals surface area contributed by atoms with Gasteiger partial charge >= 0.3 is 5.97 Å². The van der Waals surface area contributed by atoms with Gasteiger partial charge in [0, 0.05) is 10.9 Å². The summed E-state index contributed by atoms with van der Waals surface area (Å²) < 4.78 is 4.61. The van der Waals surface area contributed by atoms with Crippen molar-refractivity contribution in [2.24, 2.45) is 0 Å². The van der Waals surface area contributed by atoms with Gasteiger partial charge in [-0.15, -0.1) is 0 Å². The van der Waals surface area contributed by atoms with Gasteiger partial charge in [0.15, 0.2) is 0 Å². The zero-order chi connectivity index (χ0) is 11.3. The summed E-state index contributed by atoms with van der Waals surface area (Å²) in [6, 6.07) is 7.99. The Balaban J connectivity index is 2.84. The molecule has 0 N–H and O–H groups in total. The van der Waals surface area contributed by atoms with E-state index in [9.17, 15) is 4.79 Å². The second kappa shape index (κ2) is 5.71. The number of carbonyl (C=O) groups is 1. The average Bonchev–Trinajstić information content (AvgIpc) is 2.29. The maximum absolute atomic E-state index is 11.1. The molecule has 80 valence electrons. The number of benzene rings is 1. The molecule has 0 heterocycles. The summed E-state index contributed by atoms with van der Waals surface area (Å²) in [5.41, 5.74) is 2.81. The first-order valence-corrected chi connectivity index (χ1v) is 5.71. The average molecular weight is 269 g/mol. The van der Waals surface area contributed by atoms with Gasteiger partial charge in [0.2, 0.25) is 0 Å². The number of methoxy groups -OCH3 is 1. The number of hydrogen-bond acceptors (Lipinski definition) is 2. The highest BCUT2D eigenvalue weighted by Crippen LogP contribution is 2.11. The number of halogens is 1. The van der Waals surface area contributed by atoms with Gasteiger partial charge < -0.3 is 4.74 Å². The molecule has 0 aliphatic carbocycles. The highest BCUT2D eigenvalue weighted by atomic mass is 79.9. The van der Waals surface area contributed by atoms with E-state index in [2.05, 4.69) is 20.7 Å². The molecule has 0 bridgehead atoms. The van der Waals surface area contributed by atoms with Crippen molar-refractivity contribution in [2.75, 3.05) is 7.11 Å². The molecule has 0 fully saturated rings. The Morgan fingerprint density at radius 3 is 2.47 bits per heavy atom. The predicted molar refractivity (Wildman–Crippen MR) is 64.7 cm³/mol. The monoisotopic (exact) mass is 268 g/mol. The third-order valence-corrected chi connectivity index (χ3v) is 2.67. The standard InChI is InChI=1S/C12H13BrO2/c1-9(12(14)15-2)7-10-3-5-11(8-13)6-4-10/h3-7H,8H2,1-2H3. The summed E-state index contributed by atoms with van der Waals surface area (Å²) in [7, 11) is 1.38. The number of carbonyl (C=O) groups excluding carboxylic acids is 1.